The maximum Gasteiger partial charge on any atom is 0.162 e. The molecule has 12 aromatic rings. The van der Waals surface area contributed by atoms with E-state index in [1.54, 1.807) is 22.7 Å². The molecule has 0 radical (unpaired) electrons. The molecule has 0 unspecified atom stereocenters. The van der Waals surface area contributed by atoms with Crippen molar-refractivity contribution in [1.82, 2.24) is 4.57 Å². The lowest BCUT2D eigenvalue weighted by molar-refractivity contribution is 0.669. The largest absolute Gasteiger partial charge is 0.456 e. The molecular weight excluding hydrogens is 821 g/mol. The molecule has 0 fully saturated rings. The van der Waals surface area contributed by atoms with E-state index in [9.17, 15) is 0 Å². The van der Waals surface area contributed by atoms with Crippen LogP contribution in [0.3, 0.4) is 0 Å². The molecule has 1 aliphatic carbocycles. The number of aromatic nitrogens is 1. The van der Waals surface area contributed by atoms with Crippen molar-refractivity contribution in [3.63, 3.8) is 0 Å². The molecule has 0 saturated heterocycles. The minimum Gasteiger partial charge on any atom is -0.456 e. The molecule has 0 atom stereocenters. The third-order valence-electron chi connectivity index (χ3n) is 12.6. The van der Waals surface area contributed by atoms with Crippen LogP contribution in [0.1, 0.15) is 24.0 Å². The van der Waals surface area contributed by atoms with Crippen LogP contribution in [0.4, 0.5) is 0 Å². The van der Waals surface area contributed by atoms with Gasteiger partial charge >= 0.3 is 0 Å². The molecule has 64 heavy (non-hydrogen) atoms. The smallest absolute Gasteiger partial charge is 0.162 e. The predicted octanol–water partition coefficient (Wildman–Crippen LogP) is 16.2. The van der Waals surface area contributed by atoms with E-state index in [0.29, 0.717) is 5.84 Å². The topological polar surface area (TPSA) is 66.6 Å². The quantitative estimate of drug-likeness (QED) is 0.136. The Morgan fingerprint density at radius 1 is 0.594 bits per heavy atom. The Kier molecular flexibility index (Phi) is 8.48. The normalized spacial score (nSPS) is 13.6. The first kappa shape index (κ1) is 36.9. The number of nitrogens with zero attached hydrogens (tertiary/aromatic N) is 3. The van der Waals surface area contributed by atoms with E-state index >= 15 is 0 Å². The fourth-order valence-electron chi connectivity index (χ4n) is 9.69. The Bertz CT molecular complexity index is 4000. The zero-order valence-electron chi connectivity index (χ0n) is 34.4. The monoisotopic (exact) mass is 856 g/mol. The maximum absolute atomic E-state index is 9.16. The number of benzene rings is 8. The first-order chi connectivity index (χ1) is 31.6. The SMILES string of the molecule is N=C(N=C(N=Cc1cccc2c1sc1ccccc12)c1cccc2sc3cc(-c4cccc5oc6ccc(-n7c8ccccc8c8ccccc87)cc6c45)ccc3c12)C1=CCCC=C1. The van der Waals surface area contributed by atoms with E-state index in [2.05, 4.69) is 181 Å². The number of rotatable bonds is 5. The summed E-state index contributed by atoms with van der Waals surface area (Å²) in [4.78, 5) is 10.2. The van der Waals surface area contributed by atoms with Gasteiger partial charge in [-0.05, 0) is 78.6 Å². The zero-order chi connectivity index (χ0) is 42.3. The van der Waals surface area contributed by atoms with Crippen molar-refractivity contribution in [2.24, 2.45) is 9.98 Å². The summed E-state index contributed by atoms with van der Waals surface area (Å²) in [6.07, 6.45) is 10.0. The van der Waals surface area contributed by atoms with E-state index in [4.69, 9.17) is 19.8 Å². The summed E-state index contributed by atoms with van der Waals surface area (Å²) in [5.41, 5.74) is 10.2. The summed E-state index contributed by atoms with van der Waals surface area (Å²) in [6.45, 7) is 0. The number of aliphatic imine (C=N–C) groups is 2. The van der Waals surface area contributed by atoms with Gasteiger partial charge in [-0.25, -0.2) is 9.98 Å². The summed E-state index contributed by atoms with van der Waals surface area (Å²) >= 11 is 3.56. The number of thiophene rings is 2. The van der Waals surface area contributed by atoms with Crippen LogP contribution in [-0.4, -0.2) is 22.5 Å². The number of para-hydroxylation sites is 2. The van der Waals surface area contributed by atoms with Crippen LogP contribution in [0, 0.1) is 5.41 Å². The van der Waals surface area contributed by atoms with Crippen LogP contribution >= 0.6 is 22.7 Å². The van der Waals surface area contributed by atoms with Crippen molar-refractivity contribution in [3.05, 3.63) is 199 Å². The Labute approximate surface area is 375 Å². The third-order valence-corrected chi connectivity index (χ3v) is 15.0. The molecule has 0 saturated carbocycles. The highest BCUT2D eigenvalue weighted by Crippen LogP contribution is 2.43. The zero-order valence-corrected chi connectivity index (χ0v) is 36.0. The molecule has 7 heteroatoms. The number of fused-ring (bicyclic) bond motifs is 12. The van der Waals surface area contributed by atoms with Crippen molar-refractivity contribution >= 4 is 125 Å². The Balaban J connectivity index is 0.951. The molecule has 4 heterocycles. The summed E-state index contributed by atoms with van der Waals surface area (Å²) in [7, 11) is 0. The number of nitrogens with one attached hydrogen (secondary N) is 1. The van der Waals surface area contributed by atoms with Gasteiger partial charge in [-0.3, -0.25) is 5.41 Å². The van der Waals surface area contributed by atoms with E-state index in [-0.39, 0.29) is 5.84 Å². The second-order valence-corrected chi connectivity index (χ2v) is 18.5. The third kappa shape index (κ3) is 5.85. The first-order valence-corrected chi connectivity index (χ1v) is 23.2. The highest BCUT2D eigenvalue weighted by atomic mass is 32.1. The number of allylic oxidation sites excluding steroid dienone is 2. The lowest BCUT2D eigenvalue weighted by atomic mass is 9.97. The van der Waals surface area contributed by atoms with E-state index in [1.807, 2.05) is 12.3 Å². The second kappa shape index (κ2) is 14.7. The molecule has 302 valence electrons. The molecule has 1 N–H and O–H groups in total. The van der Waals surface area contributed by atoms with Crippen molar-refractivity contribution in [2.45, 2.75) is 12.8 Å². The van der Waals surface area contributed by atoms with Crippen molar-refractivity contribution < 1.29 is 4.42 Å². The Morgan fingerprint density at radius 2 is 1.36 bits per heavy atom. The van der Waals surface area contributed by atoms with Crippen molar-refractivity contribution in [1.29, 1.82) is 5.41 Å². The number of amidine groups is 2. The predicted molar refractivity (Wildman–Crippen MR) is 274 cm³/mol. The fraction of sp³-hybridized carbons (Fsp3) is 0.0351. The standard InChI is InChI=1S/C57H36N4OS2/c58-56(34-13-2-1-3-14-34)60-57(59-33-36-15-10-20-42-41-18-6-9-25-50(41)64-55(36)42)44-21-12-26-51-54(44)43-29-27-35(31-52(43)63-51)38-19-11-24-49-53(38)45-32-37(28-30-48(45)62-49)61-46-22-7-4-16-39(46)40-17-5-8-23-47(40)61/h2,4-33,58H,1,3H2. The van der Waals surface area contributed by atoms with Crippen LogP contribution in [0.5, 0.6) is 0 Å². The van der Waals surface area contributed by atoms with Gasteiger partial charge in [0.2, 0.25) is 0 Å². The maximum atomic E-state index is 9.16. The molecule has 13 rings (SSSR count). The summed E-state index contributed by atoms with van der Waals surface area (Å²) in [5.74, 6) is 0.731. The van der Waals surface area contributed by atoms with Gasteiger partial charge < -0.3 is 8.98 Å². The first-order valence-electron chi connectivity index (χ1n) is 21.5. The molecule has 0 bridgehead atoms. The minimum atomic E-state index is 0.212. The van der Waals surface area contributed by atoms with Crippen LogP contribution in [0.15, 0.2) is 202 Å². The van der Waals surface area contributed by atoms with Gasteiger partial charge in [0.05, 0.1) is 11.0 Å². The van der Waals surface area contributed by atoms with Crippen molar-refractivity contribution in [2.75, 3.05) is 0 Å². The average molecular weight is 857 g/mol. The van der Waals surface area contributed by atoms with Gasteiger partial charge in [0, 0.05) is 90.5 Å². The molecule has 0 aliphatic heterocycles. The Morgan fingerprint density at radius 3 is 2.20 bits per heavy atom. The van der Waals surface area contributed by atoms with E-state index in [1.165, 1.54) is 46.7 Å². The van der Waals surface area contributed by atoms with Crippen LogP contribution < -0.4 is 0 Å². The Hall–Kier alpha value is -7.71. The highest BCUT2D eigenvalue weighted by molar-refractivity contribution is 7.26. The van der Waals surface area contributed by atoms with Gasteiger partial charge in [-0.1, -0.05) is 127 Å². The molecule has 1 aliphatic rings. The molecule has 4 aromatic heterocycles. The lowest BCUT2D eigenvalue weighted by Gasteiger charge is -2.09. The molecule has 0 amide bonds. The van der Waals surface area contributed by atoms with Crippen LogP contribution in [-0.2, 0) is 0 Å². The summed E-state index contributed by atoms with van der Waals surface area (Å²) in [5, 5.41) is 18.5. The molecule has 8 aromatic carbocycles. The molecule has 0 spiro atoms. The highest BCUT2D eigenvalue weighted by Gasteiger charge is 2.20. The van der Waals surface area contributed by atoms with E-state index < -0.39 is 0 Å². The number of hydrogen-bond donors (Lipinski definition) is 1. The van der Waals surface area contributed by atoms with Gasteiger partial charge in [0.15, 0.2) is 11.7 Å². The van der Waals surface area contributed by atoms with Gasteiger partial charge in [0.1, 0.15) is 11.2 Å². The average Bonchev–Trinajstić information content (AvgIpc) is 4.12. The summed E-state index contributed by atoms with van der Waals surface area (Å²) in [6, 6.07) is 58.3. The van der Waals surface area contributed by atoms with E-state index in [0.717, 1.165) is 83.8 Å². The van der Waals surface area contributed by atoms with Gasteiger partial charge in [-0.2, -0.15) is 0 Å². The number of furan rings is 1. The molecular formula is C57H36N4OS2. The lowest BCUT2D eigenvalue weighted by Crippen LogP contribution is -2.06. The fourth-order valence-corrected chi connectivity index (χ4v) is 12.0. The van der Waals surface area contributed by atoms with Crippen LogP contribution in [0.2, 0.25) is 0 Å². The van der Waals surface area contributed by atoms with Gasteiger partial charge in [-0.15, -0.1) is 22.7 Å². The summed E-state index contributed by atoms with van der Waals surface area (Å²) < 4.78 is 13.7. The van der Waals surface area contributed by atoms with Crippen molar-refractivity contribution in [3.8, 4) is 16.8 Å². The number of hydrogen-bond acceptors (Lipinski definition) is 4. The van der Waals surface area contributed by atoms with Crippen LogP contribution in [0.25, 0.3) is 101 Å². The van der Waals surface area contributed by atoms with Gasteiger partial charge in [0.25, 0.3) is 0 Å². The molecule has 5 nitrogen and oxygen atoms in total. The second-order valence-electron chi connectivity index (χ2n) is 16.3. The minimum absolute atomic E-state index is 0.212.